The van der Waals surface area contributed by atoms with Crippen LogP contribution in [0.4, 0.5) is 0 Å². The summed E-state index contributed by atoms with van der Waals surface area (Å²) in [6.07, 6.45) is 0. The van der Waals surface area contributed by atoms with E-state index in [4.69, 9.17) is 0 Å². The Balaban J connectivity index is 2.09. The summed E-state index contributed by atoms with van der Waals surface area (Å²) in [7, 11) is 0. The maximum atomic E-state index is 12.5. The Morgan fingerprint density at radius 3 is 2.72 bits per heavy atom. The van der Waals surface area contributed by atoms with Crippen LogP contribution in [-0.2, 0) is 0 Å². The normalized spacial score (nSPS) is 11.0. The third-order valence-corrected chi connectivity index (χ3v) is 5.30. The Morgan fingerprint density at radius 2 is 1.94 bits per heavy atom. The third-order valence-electron chi connectivity index (χ3n) is 3.21. The lowest BCUT2D eigenvalue weighted by molar-refractivity contribution is 0.104. The topological polar surface area (TPSA) is 17.1 Å². The summed E-state index contributed by atoms with van der Waals surface area (Å²) in [5.74, 6) is 0.143. The minimum absolute atomic E-state index is 0.143. The average Bonchev–Trinajstić information content (AvgIpc) is 2.92. The minimum atomic E-state index is 0.143. The fourth-order valence-electron chi connectivity index (χ4n) is 2.01. The number of hydrogen-bond acceptors (Lipinski definition) is 3. The van der Waals surface area contributed by atoms with E-state index in [1.165, 1.54) is 15.0 Å². The fraction of sp³-hybridized carbons (Fsp3) is 0.133. The van der Waals surface area contributed by atoms with Gasteiger partial charge in [0, 0.05) is 15.0 Å². The molecule has 3 aromatic rings. The number of fused-ring (bicyclic) bond motifs is 1. The highest BCUT2D eigenvalue weighted by molar-refractivity contribution is 7.28. The van der Waals surface area contributed by atoms with Crippen molar-refractivity contribution in [2.45, 2.75) is 13.8 Å². The summed E-state index contributed by atoms with van der Waals surface area (Å²) in [6.45, 7) is 4.05. The van der Waals surface area contributed by atoms with Gasteiger partial charge in [-0.15, -0.1) is 22.7 Å². The van der Waals surface area contributed by atoms with E-state index in [-0.39, 0.29) is 5.78 Å². The number of rotatable bonds is 2. The molecule has 1 nitrogen and oxygen atoms in total. The summed E-state index contributed by atoms with van der Waals surface area (Å²) in [4.78, 5) is 13.3. The summed E-state index contributed by atoms with van der Waals surface area (Å²) in [6, 6.07) is 9.99. The zero-order valence-electron chi connectivity index (χ0n) is 10.2. The van der Waals surface area contributed by atoms with Gasteiger partial charge in [0.05, 0.1) is 4.88 Å². The summed E-state index contributed by atoms with van der Waals surface area (Å²) >= 11 is 3.27. The van der Waals surface area contributed by atoms with Gasteiger partial charge in [-0.1, -0.05) is 18.2 Å². The number of carbonyl (C=O) groups is 1. The van der Waals surface area contributed by atoms with Gasteiger partial charge in [0.25, 0.3) is 0 Å². The van der Waals surface area contributed by atoms with Gasteiger partial charge in [0.15, 0.2) is 0 Å². The Kier molecular flexibility index (Phi) is 2.80. The molecule has 0 saturated heterocycles. The first-order valence-corrected chi connectivity index (χ1v) is 7.44. The van der Waals surface area contributed by atoms with Crippen LogP contribution in [0.15, 0.2) is 35.7 Å². The van der Waals surface area contributed by atoms with E-state index < -0.39 is 0 Å². The number of thiophene rings is 2. The van der Waals surface area contributed by atoms with Gasteiger partial charge >= 0.3 is 0 Å². The van der Waals surface area contributed by atoms with E-state index in [1.807, 2.05) is 38.1 Å². The smallest absolute Gasteiger partial charge is 0.203 e. The van der Waals surface area contributed by atoms with Gasteiger partial charge in [0.1, 0.15) is 0 Å². The van der Waals surface area contributed by atoms with Crippen molar-refractivity contribution in [3.05, 3.63) is 57.3 Å². The number of benzene rings is 1. The lowest BCUT2D eigenvalue weighted by Crippen LogP contribution is -2.02. The molecule has 2 aromatic heterocycles. The van der Waals surface area contributed by atoms with Crippen molar-refractivity contribution in [3.63, 3.8) is 0 Å². The predicted octanol–water partition coefficient (Wildman–Crippen LogP) is 4.81. The van der Waals surface area contributed by atoms with Gasteiger partial charge in [0.2, 0.25) is 5.78 Å². The highest BCUT2D eigenvalue weighted by Crippen LogP contribution is 2.31. The van der Waals surface area contributed by atoms with Crippen LogP contribution in [0.2, 0.25) is 0 Å². The summed E-state index contributed by atoms with van der Waals surface area (Å²) < 4.78 is 2.40. The summed E-state index contributed by atoms with van der Waals surface area (Å²) in [5, 5.41) is 2.06. The average molecular weight is 272 g/mol. The molecule has 0 aliphatic rings. The predicted molar refractivity (Wildman–Crippen MR) is 79.1 cm³/mol. The van der Waals surface area contributed by atoms with E-state index >= 15 is 0 Å². The molecule has 0 unspecified atom stereocenters. The lowest BCUT2D eigenvalue weighted by Gasteiger charge is -2.05. The zero-order chi connectivity index (χ0) is 12.7. The molecular weight excluding hydrogens is 260 g/mol. The van der Waals surface area contributed by atoms with Crippen LogP contribution < -0.4 is 0 Å². The largest absolute Gasteiger partial charge is 0.288 e. The van der Waals surface area contributed by atoms with Gasteiger partial charge in [-0.2, -0.15) is 0 Å². The van der Waals surface area contributed by atoms with Gasteiger partial charge < -0.3 is 0 Å². The number of hydrogen-bond donors (Lipinski definition) is 0. The molecule has 0 fully saturated rings. The molecule has 0 amide bonds. The molecule has 18 heavy (non-hydrogen) atoms. The molecule has 0 radical (unpaired) electrons. The Morgan fingerprint density at radius 1 is 1.11 bits per heavy atom. The van der Waals surface area contributed by atoms with E-state index in [0.29, 0.717) is 0 Å². The molecule has 0 bridgehead atoms. The van der Waals surface area contributed by atoms with Crippen molar-refractivity contribution < 1.29 is 4.79 Å². The quantitative estimate of drug-likeness (QED) is 0.612. The second-order valence-electron chi connectivity index (χ2n) is 4.34. The first kappa shape index (κ1) is 11.6. The van der Waals surface area contributed by atoms with Crippen molar-refractivity contribution in [2.24, 2.45) is 0 Å². The monoisotopic (exact) mass is 272 g/mol. The van der Waals surface area contributed by atoms with Crippen LogP contribution >= 0.6 is 22.7 Å². The number of carbonyl (C=O) groups excluding carboxylic acids is 1. The molecule has 1 aromatic carbocycles. The van der Waals surface area contributed by atoms with Crippen LogP contribution in [0, 0.1) is 13.8 Å². The Hall–Kier alpha value is -1.45. The highest BCUT2D eigenvalue weighted by Gasteiger charge is 2.15. The lowest BCUT2D eigenvalue weighted by atomic mass is 9.99. The maximum absolute atomic E-state index is 12.5. The minimum Gasteiger partial charge on any atom is -0.288 e. The van der Waals surface area contributed by atoms with E-state index in [1.54, 1.807) is 22.7 Å². The van der Waals surface area contributed by atoms with Crippen LogP contribution in [0.3, 0.4) is 0 Å². The molecule has 2 heterocycles. The van der Waals surface area contributed by atoms with Gasteiger partial charge in [-0.3, -0.25) is 4.79 Å². The van der Waals surface area contributed by atoms with Crippen molar-refractivity contribution in [3.8, 4) is 0 Å². The molecular formula is C15H12OS2. The molecule has 3 heteroatoms. The Bertz CT molecular complexity index is 705. The second-order valence-corrected chi connectivity index (χ2v) is 6.37. The molecule has 0 spiro atoms. The molecule has 3 rings (SSSR count). The molecule has 0 N–H and O–H groups in total. The molecule has 0 aliphatic heterocycles. The maximum Gasteiger partial charge on any atom is 0.203 e. The van der Waals surface area contributed by atoms with E-state index in [9.17, 15) is 4.79 Å². The van der Waals surface area contributed by atoms with Crippen LogP contribution in [0.25, 0.3) is 9.40 Å². The van der Waals surface area contributed by atoms with Crippen LogP contribution in [-0.4, -0.2) is 5.78 Å². The standard InChI is InChI=1S/C15H12OS2/c1-9-4-3-5-11(10(9)2)15(16)14-8-13-12(18-14)6-7-17-13/h3-8H,1-2H3. The Labute approximate surface area is 114 Å². The van der Waals surface area contributed by atoms with Crippen molar-refractivity contribution in [1.29, 1.82) is 0 Å². The third kappa shape index (κ3) is 1.80. The van der Waals surface area contributed by atoms with Crippen molar-refractivity contribution in [1.82, 2.24) is 0 Å². The number of aryl methyl sites for hydroxylation is 1. The van der Waals surface area contributed by atoms with Crippen LogP contribution in [0.1, 0.15) is 26.4 Å². The number of ketones is 1. The molecule has 0 atom stereocenters. The van der Waals surface area contributed by atoms with Crippen molar-refractivity contribution in [2.75, 3.05) is 0 Å². The van der Waals surface area contributed by atoms with Gasteiger partial charge in [-0.25, -0.2) is 0 Å². The van der Waals surface area contributed by atoms with E-state index in [2.05, 4.69) is 11.4 Å². The highest BCUT2D eigenvalue weighted by atomic mass is 32.1. The molecule has 0 saturated carbocycles. The second kappa shape index (κ2) is 4.34. The van der Waals surface area contributed by atoms with Gasteiger partial charge in [-0.05, 0) is 42.5 Å². The van der Waals surface area contributed by atoms with Crippen molar-refractivity contribution >= 4 is 37.9 Å². The fourth-order valence-corrected chi connectivity index (χ4v) is 4.07. The van der Waals surface area contributed by atoms with Crippen LogP contribution in [0.5, 0.6) is 0 Å². The molecule has 0 aliphatic carbocycles. The van der Waals surface area contributed by atoms with E-state index in [0.717, 1.165) is 16.0 Å². The molecule has 90 valence electrons. The zero-order valence-corrected chi connectivity index (χ0v) is 11.8. The SMILES string of the molecule is Cc1cccc(C(=O)c2cc3sccc3s2)c1C. The summed E-state index contributed by atoms with van der Waals surface area (Å²) in [5.41, 5.74) is 3.07. The first-order chi connectivity index (χ1) is 8.66. The first-order valence-electron chi connectivity index (χ1n) is 5.75.